The fourth-order valence-corrected chi connectivity index (χ4v) is 2.77. The highest BCUT2D eigenvalue weighted by molar-refractivity contribution is 5.85. The first-order valence-electron chi connectivity index (χ1n) is 7.43. The molecule has 0 saturated carbocycles. The Bertz CT molecular complexity index is 409. The molecule has 0 unspecified atom stereocenters. The zero-order valence-electron chi connectivity index (χ0n) is 12.9. The maximum Gasteiger partial charge on any atom is 0.126 e. The standard InChI is InChI=1S/C16H25FN2.2ClH/c1-3-4-5-16(19-10-8-18-9-11-19)14-7-6-13(2)15(17)12-14;;/h6-7,12,16,18H,3-5,8-11H2,1-2H3;2*1H/t16-;;/m0../s1. The van der Waals surface area contributed by atoms with Crippen LogP contribution in [0.15, 0.2) is 18.2 Å². The molecule has 1 N–H and O–H groups in total. The van der Waals surface area contributed by atoms with Crippen molar-refractivity contribution in [1.82, 2.24) is 10.2 Å². The van der Waals surface area contributed by atoms with Crippen LogP contribution in [0.4, 0.5) is 4.39 Å². The molecule has 0 amide bonds. The second kappa shape index (κ2) is 10.4. The van der Waals surface area contributed by atoms with Gasteiger partial charge in [-0.1, -0.05) is 31.9 Å². The van der Waals surface area contributed by atoms with Gasteiger partial charge in [-0.05, 0) is 30.5 Å². The van der Waals surface area contributed by atoms with E-state index in [2.05, 4.69) is 23.2 Å². The lowest BCUT2D eigenvalue weighted by Gasteiger charge is -2.35. The summed E-state index contributed by atoms with van der Waals surface area (Å²) in [6, 6.07) is 6.11. The Balaban J connectivity index is 0.00000200. The van der Waals surface area contributed by atoms with Crippen molar-refractivity contribution in [2.45, 2.75) is 39.2 Å². The molecule has 2 nitrogen and oxygen atoms in total. The van der Waals surface area contributed by atoms with E-state index in [1.54, 1.807) is 6.07 Å². The Morgan fingerprint density at radius 1 is 1.24 bits per heavy atom. The molecule has 5 heteroatoms. The molecular weight excluding hydrogens is 310 g/mol. The van der Waals surface area contributed by atoms with E-state index in [1.807, 2.05) is 13.0 Å². The van der Waals surface area contributed by atoms with Crippen LogP contribution >= 0.6 is 24.8 Å². The Hall–Kier alpha value is -0.350. The maximum atomic E-state index is 13.8. The minimum Gasteiger partial charge on any atom is -0.314 e. The van der Waals surface area contributed by atoms with Crippen molar-refractivity contribution in [2.24, 2.45) is 0 Å². The van der Waals surface area contributed by atoms with Crippen LogP contribution in [0.3, 0.4) is 0 Å². The third-order valence-corrected chi connectivity index (χ3v) is 4.00. The first-order valence-corrected chi connectivity index (χ1v) is 7.43. The van der Waals surface area contributed by atoms with E-state index in [0.717, 1.165) is 43.7 Å². The summed E-state index contributed by atoms with van der Waals surface area (Å²) >= 11 is 0. The lowest BCUT2D eigenvalue weighted by molar-refractivity contribution is 0.163. The van der Waals surface area contributed by atoms with Gasteiger partial charge in [-0.25, -0.2) is 4.39 Å². The molecule has 1 aromatic rings. The number of aryl methyl sites for hydroxylation is 1. The summed E-state index contributed by atoms with van der Waals surface area (Å²) < 4.78 is 13.8. The van der Waals surface area contributed by atoms with Gasteiger partial charge >= 0.3 is 0 Å². The smallest absolute Gasteiger partial charge is 0.126 e. The molecule has 0 spiro atoms. The Kier molecular flexibility index (Phi) is 10.2. The van der Waals surface area contributed by atoms with Crippen molar-refractivity contribution < 1.29 is 4.39 Å². The van der Waals surface area contributed by atoms with Crippen molar-refractivity contribution in [3.05, 3.63) is 35.1 Å². The molecule has 0 radical (unpaired) electrons. The van der Waals surface area contributed by atoms with Crippen LogP contribution in [-0.2, 0) is 0 Å². The average Bonchev–Trinajstić information content (AvgIpc) is 2.44. The predicted octanol–water partition coefficient (Wildman–Crippen LogP) is 4.11. The van der Waals surface area contributed by atoms with Crippen LogP contribution in [0.25, 0.3) is 0 Å². The number of halogens is 3. The van der Waals surface area contributed by atoms with E-state index >= 15 is 0 Å². The number of benzene rings is 1. The molecule has 1 heterocycles. The summed E-state index contributed by atoms with van der Waals surface area (Å²) in [4.78, 5) is 2.50. The van der Waals surface area contributed by atoms with Gasteiger partial charge in [0.05, 0.1) is 0 Å². The van der Waals surface area contributed by atoms with Crippen molar-refractivity contribution in [1.29, 1.82) is 0 Å². The molecule has 1 aromatic carbocycles. The van der Waals surface area contributed by atoms with Gasteiger partial charge in [0, 0.05) is 32.2 Å². The average molecular weight is 337 g/mol. The molecule has 0 aromatic heterocycles. The molecule has 1 saturated heterocycles. The summed E-state index contributed by atoms with van der Waals surface area (Å²) in [6.07, 6.45) is 3.51. The van der Waals surface area contributed by atoms with Gasteiger partial charge in [0.15, 0.2) is 0 Å². The van der Waals surface area contributed by atoms with Crippen molar-refractivity contribution in [2.75, 3.05) is 26.2 Å². The summed E-state index contributed by atoms with van der Waals surface area (Å²) in [7, 11) is 0. The van der Waals surface area contributed by atoms with Crippen LogP contribution < -0.4 is 5.32 Å². The Morgan fingerprint density at radius 2 is 1.90 bits per heavy atom. The van der Waals surface area contributed by atoms with E-state index in [4.69, 9.17) is 0 Å². The number of hydrogen-bond donors (Lipinski definition) is 1. The van der Waals surface area contributed by atoms with Gasteiger partial charge in [-0.2, -0.15) is 0 Å². The van der Waals surface area contributed by atoms with Crippen molar-refractivity contribution >= 4 is 24.8 Å². The maximum absolute atomic E-state index is 13.8. The molecule has 122 valence electrons. The van der Waals surface area contributed by atoms with Crippen LogP contribution in [0, 0.1) is 12.7 Å². The molecule has 0 aliphatic carbocycles. The van der Waals surface area contributed by atoms with Gasteiger partial charge in [0.25, 0.3) is 0 Å². The molecule has 1 aliphatic rings. The topological polar surface area (TPSA) is 15.3 Å². The van der Waals surface area contributed by atoms with Crippen LogP contribution in [0.1, 0.15) is 43.4 Å². The number of nitrogens with one attached hydrogen (secondary N) is 1. The number of hydrogen-bond acceptors (Lipinski definition) is 2. The van der Waals surface area contributed by atoms with E-state index in [-0.39, 0.29) is 30.6 Å². The lowest BCUT2D eigenvalue weighted by atomic mass is 9.97. The molecule has 21 heavy (non-hydrogen) atoms. The quantitative estimate of drug-likeness (QED) is 0.870. The fourth-order valence-electron chi connectivity index (χ4n) is 2.77. The summed E-state index contributed by atoms with van der Waals surface area (Å²) in [6.45, 7) is 8.23. The van der Waals surface area contributed by atoms with Crippen molar-refractivity contribution in [3.63, 3.8) is 0 Å². The Morgan fingerprint density at radius 3 is 2.48 bits per heavy atom. The second-order valence-electron chi connectivity index (χ2n) is 5.45. The van der Waals surface area contributed by atoms with Gasteiger partial charge in [-0.3, -0.25) is 4.90 Å². The van der Waals surface area contributed by atoms with E-state index in [9.17, 15) is 4.39 Å². The van der Waals surface area contributed by atoms with Crippen molar-refractivity contribution in [3.8, 4) is 0 Å². The first-order chi connectivity index (χ1) is 9.22. The minimum atomic E-state index is -0.0749. The largest absolute Gasteiger partial charge is 0.314 e. The molecular formula is C16H27Cl2FN2. The van der Waals surface area contributed by atoms with Gasteiger partial charge in [-0.15, -0.1) is 24.8 Å². The molecule has 0 bridgehead atoms. The monoisotopic (exact) mass is 336 g/mol. The second-order valence-corrected chi connectivity index (χ2v) is 5.45. The van der Waals surface area contributed by atoms with Gasteiger partial charge < -0.3 is 5.32 Å². The molecule has 1 fully saturated rings. The van der Waals surface area contributed by atoms with Gasteiger partial charge in [0.2, 0.25) is 0 Å². The number of nitrogens with zero attached hydrogens (tertiary/aromatic N) is 1. The van der Waals surface area contributed by atoms with E-state index in [0.29, 0.717) is 6.04 Å². The summed E-state index contributed by atoms with van der Waals surface area (Å²) in [5.41, 5.74) is 1.87. The first kappa shape index (κ1) is 20.6. The van der Waals surface area contributed by atoms with Crippen LogP contribution in [0.5, 0.6) is 0 Å². The summed E-state index contributed by atoms with van der Waals surface area (Å²) in [5.74, 6) is -0.0749. The zero-order valence-corrected chi connectivity index (χ0v) is 14.5. The SMILES string of the molecule is CCCC[C@@H](c1ccc(C)c(F)c1)N1CCNCC1.Cl.Cl. The number of unbranched alkanes of at least 4 members (excludes halogenated alkanes) is 1. The highest BCUT2D eigenvalue weighted by Crippen LogP contribution is 2.27. The third-order valence-electron chi connectivity index (χ3n) is 4.00. The normalized spacial score (nSPS) is 16.7. The molecule has 2 rings (SSSR count). The predicted molar refractivity (Wildman–Crippen MR) is 92.3 cm³/mol. The van der Waals surface area contributed by atoms with E-state index < -0.39 is 0 Å². The molecule has 1 atom stereocenters. The van der Waals surface area contributed by atoms with Gasteiger partial charge in [0.1, 0.15) is 5.82 Å². The highest BCUT2D eigenvalue weighted by atomic mass is 35.5. The number of rotatable bonds is 5. The minimum absolute atomic E-state index is 0. The lowest BCUT2D eigenvalue weighted by Crippen LogP contribution is -2.45. The fraction of sp³-hybridized carbons (Fsp3) is 0.625. The number of piperazine rings is 1. The third kappa shape index (κ3) is 5.74. The highest BCUT2D eigenvalue weighted by Gasteiger charge is 2.22. The van der Waals surface area contributed by atoms with Crippen LogP contribution in [-0.4, -0.2) is 31.1 Å². The summed E-state index contributed by atoms with van der Waals surface area (Å²) in [5, 5.41) is 3.38. The Labute approximate surface area is 140 Å². The van der Waals surface area contributed by atoms with E-state index in [1.165, 1.54) is 12.8 Å². The zero-order chi connectivity index (χ0) is 13.7. The van der Waals surface area contributed by atoms with Crippen LogP contribution in [0.2, 0.25) is 0 Å². The molecule has 1 aliphatic heterocycles.